The summed E-state index contributed by atoms with van der Waals surface area (Å²) in [5.74, 6) is 1.54. The lowest BCUT2D eigenvalue weighted by molar-refractivity contribution is -0.142. The highest BCUT2D eigenvalue weighted by atomic mass is 16.5. The predicted octanol–water partition coefficient (Wildman–Crippen LogP) is 2.16. The lowest BCUT2D eigenvalue weighted by Crippen LogP contribution is -2.64. The van der Waals surface area contributed by atoms with Crippen LogP contribution in [0.25, 0.3) is 0 Å². The maximum atomic E-state index is 12.9. The second-order valence-electron chi connectivity index (χ2n) is 9.09. The first-order valence-corrected chi connectivity index (χ1v) is 10.3. The number of ether oxygens (including phenoxy) is 1. The minimum Gasteiger partial charge on any atom is -0.507 e. The fraction of sp³-hybridized carbons (Fsp3) is 0.682. The lowest BCUT2D eigenvalue weighted by atomic mass is 9.51. The van der Waals surface area contributed by atoms with Crippen molar-refractivity contribution in [2.45, 2.75) is 62.7 Å². The maximum Gasteiger partial charge on any atom is 0.162 e. The number of benzene rings is 1. The van der Waals surface area contributed by atoms with Gasteiger partial charge in [0.1, 0.15) is 11.9 Å². The Morgan fingerprint density at radius 1 is 1.33 bits per heavy atom. The molecule has 3 unspecified atom stereocenters. The third-order valence-corrected chi connectivity index (χ3v) is 7.72. The van der Waals surface area contributed by atoms with Gasteiger partial charge in [0.15, 0.2) is 5.78 Å². The molecule has 2 N–H and O–H groups in total. The first-order chi connectivity index (χ1) is 13.1. The largest absolute Gasteiger partial charge is 0.507 e. The smallest absolute Gasteiger partial charge is 0.162 e. The van der Waals surface area contributed by atoms with Gasteiger partial charge in [-0.1, -0.05) is 12.1 Å². The van der Waals surface area contributed by atoms with Crippen molar-refractivity contribution in [3.8, 4) is 5.75 Å². The minimum atomic E-state index is -0.323. The van der Waals surface area contributed by atoms with Crippen molar-refractivity contribution in [1.29, 1.82) is 0 Å². The van der Waals surface area contributed by atoms with E-state index in [9.17, 15) is 15.0 Å². The van der Waals surface area contributed by atoms with Crippen LogP contribution in [0.4, 0.5) is 0 Å². The van der Waals surface area contributed by atoms with Crippen LogP contribution in [-0.4, -0.2) is 53.2 Å². The van der Waals surface area contributed by atoms with Crippen molar-refractivity contribution in [3.63, 3.8) is 0 Å². The molecule has 2 bridgehead atoms. The molecule has 0 radical (unpaired) electrons. The van der Waals surface area contributed by atoms with Gasteiger partial charge in [-0.15, -0.1) is 0 Å². The minimum absolute atomic E-state index is 0.157. The molecule has 5 rings (SSSR count). The molecule has 1 aliphatic heterocycles. The van der Waals surface area contributed by atoms with Gasteiger partial charge in [0.2, 0.25) is 0 Å². The summed E-state index contributed by atoms with van der Waals surface area (Å²) in [5, 5.41) is 20.7. The summed E-state index contributed by atoms with van der Waals surface area (Å²) in [6, 6.07) is 4.32. The first kappa shape index (κ1) is 17.7. The van der Waals surface area contributed by atoms with E-state index in [1.54, 1.807) is 7.11 Å². The van der Waals surface area contributed by atoms with Crippen LogP contribution >= 0.6 is 0 Å². The molecule has 1 aromatic rings. The average molecular weight is 371 g/mol. The number of Topliss-reactive ketones (excluding diaryl/α,β-unsaturated/α-hetero) is 1. The van der Waals surface area contributed by atoms with Gasteiger partial charge >= 0.3 is 0 Å². The van der Waals surface area contributed by atoms with Gasteiger partial charge in [0.25, 0.3) is 0 Å². The zero-order valence-corrected chi connectivity index (χ0v) is 16.0. The molecule has 1 heterocycles. The standard InChI is InChI=1S/C22H29NO4/c1-27-19-9-16-17-8-14-4-5-15(12-24)21(26)20(14)22(16,10-18(19)25)6-7-23(17)11-13-2-3-13/h4-5,13,16-17,19,24,26H,2-3,6-12H2,1H3/t16?,17?,19?,22-/m1/s1. The van der Waals surface area contributed by atoms with E-state index in [1.165, 1.54) is 19.4 Å². The Morgan fingerprint density at radius 2 is 2.15 bits per heavy atom. The lowest BCUT2D eigenvalue weighted by Gasteiger charge is -2.59. The molecular weight excluding hydrogens is 342 g/mol. The highest BCUT2D eigenvalue weighted by Gasteiger charge is 2.59. The summed E-state index contributed by atoms with van der Waals surface area (Å²) in [4.78, 5) is 15.5. The number of aromatic hydroxyl groups is 1. The molecule has 146 valence electrons. The molecule has 1 saturated heterocycles. The van der Waals surface area contributed by atoms with Gasteiger partial charge in [0, 0.05) is 42.7 Å². The number of likely N-dealkylation sites (tertiary alicyclic amines) is 1. The van der Waals surface area contributed by atoms with E-state index in [0.29, 0.717) is 23.9 Å². The fourth-order valence-corrected chi connectivity index (χ4v) is 6.22. The van der Waals surface area contributed by atoms with Crippen LogP contribution in [0.2, 0.25) is 0 Å². The number of hydrogen-bond acceptors (Lipinski definition) is 5. The van der Waals surface area contributed by atoms with E-state index in [0.717, 1.165) is 42.9 Å². The number of hydrogen-bond donors (Lipinski definition) is 2. The van der Waals surface area contributed by atoms with Crippen molar-refractivity contribution in [2.75, 3.05) is 20.2 Å². The third-order valence-electron chi connectivity index (χ3n) is 7.72. The average Bonchev–Trinajstić information content (AvgIpc) is 3.47. The topological polar surface area (TPSA) is 70.0 Å². The summed E-state index contributed by atoms with van der Waals surface area (Å²) in [6.45, 7) is 1.98. The summed E-state index contributed by atoms with van der Waals surface area (Å²) >= 11 is 0. The van der Waals surface area contributed by atoms with Crippen LogP contribution in [0.1, 0.15) is 48.8 Å². The molecule has 3 aliphatic carbocycles. The van der Waals surface area contributed by atoms with Crippen molar-refractivity contribution >= 4 is 5.78 Å². The molecule has 27 heavy (non-hydrogen) atoms. The van der Waals surface area contributed by atoms with Gasteiger partial charge in [-0.25, -0.2) is 0 Å². The SMILES string of the molecule is COC1CC2C3Cc4ccc(CO)c(O)c4[C@]2(CCN3CC2CC2)CC1=O. The number of carbonyl (C=O) groups is 1. The molecule has 0 spiro atoms. The Bertz CT molecular complexity index is 774. The summed E-state index contributed by atoms with van der Waals surface area (Å²) in [6.07, 6.45) is 5.36. The number of nitrogens with zero attached hydrogens (tertiary/aromatic N) is 1. The van der Waals surface area contributed by atoms with Gasteiger partial charge < -0.3 is 14.9 Å². The number of ketones is 1. The predicted molar refractivity (Wildman–Crippen MR) is 101 cm³/mol. The Balaban J connectivity index is 1.62. The van der Waals surface area contributed by atoms with Gasteiger partial charge in [-0.2, -0.15) is 0 Å². The normalized spacial score (nSPS) is 35.6. The second-order valence-corrected chi connectivity index (χ2v) is 9.09. The van der Waals surface area contributed by atoms with E-state index in [-0.39, 0.29) is 29.7 Å². The highest BCUT2D eigenvalue weighted by Crippen LogP contribution is 2.58. The van der Waals surface area contributed by atoms with Crippen LogP contribution in [0, 0.1) is 11.8 Å². The van der Waals surface area contributed by atoms with E-state index in [2.05, 4.69) is 11.0 Å². The number of aliphatic hydroxyl groups is 1. The molecule has 2 saturated carbocycles. The van der Waals surface area contributed by atoms with Crippen molar-refractivity contribution in [2.24, 2.45) is 11.8 Å². The summed E-state index contributed by atoms with van der Waals surface area (Å²) in [7, 11) is 1.64. The number of piperidine rings is 1. The Hall–Kier alpha value is -1.43. The number of methoxy groups -OCH3 is 1. The van der Waals surface area contributed by atoms with Crippen molar-refractivity contribution < 1.29 is 19.7 Å². The van der Waals surface area contributed by atoms with Crippen LogP contribution in [-0.2, 0) is 28.0 Å². The Morgan fingerprint density at radius 3 is 2.85 bits per heavy atom. The van der Waals surface area contributed by atoms with Crippen LogP contribution in [0.15, 0.2) is 12.1 Å². The first-order valence-electron chi connectivity index (χ1n) is 10.3. The number of aliphatic hydroxyl groups excluding tert-OH is 1. The second kappa shape index (κ2) is 6.29. The van der Waals surface area contributed by atoms with Gasteiger partial charge in [0.05, 0.1) is 6.61 Å². The zero-order valence-electron chi connectivity index (χ0n) is 16.0. The number of phenols is 1. The van der Waals surface area contributed by atoms with Gasteiger partial charge in [-0.3, -0.25) is 9.69 Å². The Kier molecular flexibility index (Phi) is 4.12. The van der Waals surface area contributed by atoms with Crippen LogP contribution < -0.4 is 0 Å². The fourth-order valence-electron chi connectivity index (χ4n) is 6.22. The van der Waals surface area contributed by atoms with E-state index < -0.39 is 0 Å². The molecule has 3 fully saturated rings. The highest BCUT2D eigenvalue weighted by molar-refractivity contribution is 5.86. The van der Waals surface area contributed by atoms with E-state index in [1.807, 2.05) is 6.07 Å². The number of carbonyl (C=O) groups excluding carboxylic acids is 1. The molecule has 1 aromatic carbocycles. The van der Waals surface area contributed by atoms with Crippen LogP contribution in [0.3, 0.4) is 0 Å². The molecule has 5 heteroatoms. The molecule has 4 atom stereocenters. The third kappa shape index (κ3) is 2.59. The molecule has 4 aliphatic rings. The molecule has 5 nitrogen and oxygen atoms in total. The van der Waals surface area contributed by atoms with E-state index in [4.69, 9.17) is 4.74 Å². The van der Waals surface area contributed by atoms with Crippen molar-refractivity contribution in [1.82, 2.24) is 4.90 Å². The van der Waals surface area contributed by atoms with Crippen LogP contribution in [0.5, 0.6) is 5.75 Å². The summed E-state index contributed by atoms with van der Waals surface area (Å²) < 4.78 is 5.54. The number of fused-ring (bicyclic) bond motifs is 1. The van der Waals surface area contributed by atoms with E-state index >= 15 is 0 Å². The van der Waals surface area contributed by atoms with Crippen molar-refractivity contribution in [3.05, 3.63) is 28.8 Å². The summed E-state index contributed by atoms with van der Waals surface area (Å²) in [5.41, 5.74) is 2.38. The Labute approximate surface area is 160 Å². The number of rotatable bonds is 4. The molecule has 0 aromatic heterocycles. The zero-order chi connectivity index (χ0) is 18.8. The molecule has 0 amide bonds. The van der Waals surface area contributed by atoms with Gasteiger partial charge in [-0.05, 0) is 56.0 Å². The molecular formula is C22H29NO4. The monoisotopic (exact) mass is 371 g/mol. The maximum absolute atomic E-state index is 12.9. The quantitative estimate of drug-likeness (QED) is 0.849.